The Balaban J connectivity index is 2.17. The SMILES string of the molecule is CCOc1ccc(C(C)NS(=O)(=O)c2nnc(NC(=O)CC)s2)cc1OCC. The topological polar surface area (TPSA) is 120 Å². The van der Waals surface area contributed by atoms with Crippen molar-refractivity contribution in [2.45, 2.75) is 44.5 Å². The van der Waals surface area contributed by atoms with E-state index in [9.17, 15) is 13.2 Å². The highest BCUT2D eigenvalue weighted by molar-refractivity contribution is 7.91. The van der Waals surface area contributed by atoms with Gasteiger partial charge in [0.25, 0.3) is 10.0 Å². The molecule has 1 aromatic carbocycles. The number of hydrogen-bond donors (Lipinski definition) is 2. The van der Waals surface area contributed by atoms with Gasteiger partial charge in [-0.2, -0.15) is 0 Å². The van der Waals surface area contributed by atoms with Crippen LogP contribution >= 0.6 is 11.3 Å². The zero-order chi connectivity index (χ0) is 20.7. The number of hydrogen-bond acceptors (Lipinski definition) is 8. The van der Waals surface area contributed by atoms with E-state index in [4.69, 9.17) is 9.47 Å². The van der Waals surface area contributed by atoms with Crippen molar-refractivity contribution in [3.8, 4) is 11.5 Å². The molecular formula is C17H24N4O5S2. The maximum atomic E-state index is 12.6. The third-order valence-electron chi connectivity index (χ3n) is 3.60. The third kappa shape index (κ3) is 5.63. The van der Waals surface area contributed by atoms with Gasteiger partial charge in [-0.15, -0.1) is 10.2 Å². The minimum absolute atomic E-state index is 0.138. The molecular weight excluding hydrogens is 404 g/mol. The van der Waals surface area contributed by atoms with Gasteiger partial charge in [0.15, 0.2) is 11.5 Å². The van der Waals surface area contributed by atoms with E-state index in [1.54, 1.807) is 32.0 Å². The van der Waals surface area contributed by atoms with E-state index >= 15 is 0 Å². The number of carbonyl (C=O) groups is 1. The van der Waals surface area contributed by atoms with Crippen molar-refractivity contribution in [3.05, 3.63) is 23.8 Å². The van der Waals surface area contributed by atoms with E-state index in [0.717, 1.165) is 11.3 Å². The van der Waals surface area contributed by atoms with Crippen LogP contribution in [0.5, 0.6) is 11.5 Å². The maximum Gasteiger partial charge on any atom is 0.270 e. The average Bonchev–Trinajstić information content (AvgIpc) is 3.12. The molecule has 0 saturated heterocycles. The lowest BCUT2D eigenvalue weighted by atomic mass is 10.1. The lowest BCUT2D eigenvalue weighted by Gasteiger charge is -2.16. The number of rotatable bonds is 10. The first-order valence-electron chi connectivity index (χ1n) is 8.85. The number of ether oxygens (including phenoxy) is 2. The van der Waals surface area contributed by atoms with Crippen LogP contribution in [-0.2, 0) is 14.8 Å². The number of carbonyl (C=O) groups excluding carboxylic acids is 1. The summed E-state index contributed by atoms with van der Waals surface area (Å²) >= 11 is 0.792. The van der Waals surface area contributed by atoms with E-state index in [2.05, 4.69) is 20.2 Å². The summed E-state index contributed by atoms with van der Waals surface area (Å²) in [6.07, 6.45) is 0.261. The summed E-state index contributed by atoms with van der Waals surface area (Å²) in [6, 6.07) is 4.72. The summed E-state index contributed by atoms with van der Waals surface area (Å²) in [5.74, 6) is 0.885. The normalized spacial score (nSPS) is 12.4. The second kappa shape index (κ2) is 9.80. The van der Waals surface area contributed by atoms with Gasteiger partial charge in [0.1, 0.15) is 0 Å². The van der Waals surface area contributed by atoms with Crippen molar-refractivity contribution >= 4 is 32.4 Å². The average molecular weight is 429 g/mol. The Kier molecular flexibility index (Phi) is 7.72. The predicted molar refractivity (Wildman–Crippen MR) is 106 cm³/mol. The van der Waals surface area contributed by atoms with Crippen LogP contribution in [0.15, 0.2) is 22.5 Å². The van der Waals surface area contributed by atoms with Gasteiger partial charge in [0.05, 0.1) is 13.2 Å². The van der Waals surface area contributed by atoms with Crippen LogP contribution in [0.1, 0.15) is 45.7 Å². The molecule has 1 amide bonds. The van der Waals surface area contributed by atoms with Crippen LogP contribution in [-0.4, -0.2) is 37.7 Å². The smallest absolute Gasteiger partial charge is 0.270 e. The molecule has 154 valence electrons. The maximum absolute atomic E-state index is 12.6. The van der Waals surface area contributed by atoms with Crippen molar-refractivity contribution in [2.24, 2.45) is 0 Å². The highest BCUT2D eigenvalue weighted by atomic mass is 32.2. The van der Waals surface area contributed by atoms with Crippen molar-refractivity contribution in [1.29, 1.82) is 0 Å². The second-order valence-corrected chi connectivity index (χ2v) is 8.56. The molecule has 0 fully saturated rings. The summed E-state index contributed by atoms with van der Waals surface area (Å²) in [7, 11) is -3.90. The van der Waals surface area contributed by atoms with Gasteiger partial charge < -0.3 is 14.8 Å². The first kappa shape index (κ1) is 22.1. The number of benzene rings is 1. The fourth-order valence-electron chi connectivity index (χ4n) is 2.26. The second-order valence-electron chi connectivity index (χ2n) is 5.69. The number of amides is 1. The molecule has 1 unspecified atom stereocenters. The van der Waals surface area contributed by atoms with Crippen LogP contribution in [0.2, 0.25) is 0 Å². The minimum Gasteiger partial charge on any atom is -0.490 e. The molecule has 1 atom stereocenters. The zero-order valence-electron chi connectivity index (χ0n) is 16.2. The summed E-state index contributed by atoms with van der Waals surface area (Å²) < 4.78 is 38.6. The molecule has 2 N–H and O–H groups in total. The highest BCUT2D eigenvalue weighted by Gasteiger charge is 2.24. The van der Waals surface area contributed by atoms with E-state index in [-0.39, 0.29) is 21.8 Å². The number of anilines is 1. The first-order chi connectivity index (χ1) is 13.3. The molecule has 0 aliphatic heterocycles. The quantitative estimate of drug-likeness (QED) is 0.558. The molecule has 28 heavy (non-hydrogen) atoms. The highest BCUT2D eigenvalue weighted by Crippen LogP contribution is 2.31. The Labute approximate surface area is 168 Å². The van der Waals surface area contributed by atoms with Crippen LogP contribution in [0, 0.1) is 0 Å². The van der Waals surface area contributed by atoms with Gasteiger partial charge in [-0.05, 0) is 38.5 Å². The van der Waals surface area contributed by atoms with E-state index in [1.165, 1.54) is 0 Å². The van der Waals surface area contributed by atoms with Gasteiger partial charge in [0, 0.05) is 12.5 Å². The predicted octanol–water partition coefficient (Wildman–Crippen LogP) is 2.72. The summed E-state index contributed by atoms with van der Waals surface area (Å²) in [6.45, 7) is 8.09. The molecule has 0 radical (unpaired) electrons. The standard InChI is InChI=1S/C17H24N4O5S2/c1-5-15(22)18-16-19-20-17(27-16)28(23,24)21-11(4)12-8-9-13(25-6-2)14(10-12)26-7-3/h8-11,21H,5-7H2,1-4H3,(H,18,19,22). The van der Waals surface area contributed by atoms with E-state index < -0.39 is 16.1 Å². The largest absolute Gasteiger partial charge is 0.490 e. The van der Waals surface area contributed by atoms with Gasteiger partial charge >= 0.3 is 0 Å². The van der Waals surface area contributed by atoms with E-state index in [0.29, 0.717) is 30.3 Å². The number of nitrogens with zero attached hydrogens (tertiary/aromatic N) is 2. The van der Waals surface area contributed by atoms with Gasteiger partial charge in [-0.3, -0.25) is 4.79 Å². The van der Waals surface area contributed by atoms with Crippen LogP contribution in [0.3, 0.4) is 0 Å². The fourth-order valence-corrected chi connectivity index (χ4v) is 4.43. The summed E-state index contributed by atoms with van der Waals surface area (Å²) in [4.78, 5) is 11.4. The molecule has 0 spiro atoms. The Morgan fingerprint density at radius 2 is 1.82 bits per heavy atom. The van der Waals surface area contributed by atoms with Gasteiger partial charge in [-0.25, -0.2) is 13.1 Å². The molecule has 0 bridgehead atoms. The van der Waals surface area contributed by atoms with Gasteiger partial charge in [-0.1, -0.05) is 24.3 Å². The lowest BCUT2D eigenvalue weighted by molar-refractivity contribution is -0.115. The molecule has 9 nitrogen and oxygen atoms in total. The summed E-state index contributed by atoms with van der Waals surface area (Å²) in [5, 5.41) is 10.00. The first-order valence-corrected chi connectivity index (χ1v) is 11.2. The molecule has 2 aromatic rings. The molecule has 0 aliphatic rings. The summed E-state index contributed by atoms with van der Waals surface area (Å²) in [5.41, 5.74) is 0.708. The molecule has 1 heterocycles. The fraction of sp³-hybridized carbons (Fsp3) is 0.471. The van der Waals surface area contributed by atoms with Crippen molar-refractivity contribution < 1.29 is 22.7 Å². The Morgan fingerprint density at radius 3 is 2.46 bits per heavy atom. The molecule has 0 aliphatic carbocycles. The van der Waals surface area contributed by atoms with Crippen LogP contribution in [0.4, 0.5) is 5.13 Å². The minimum atomic E-state index is -3.90. The Bertz CT molecular complexity index is 914. The Hall–Kier alpha value is -2.24. The third-order valence-corrected chi connectivity index (χ3v) is 6.35. The number of aromatic nitrogens is 2. The lowest BCUT2D eigenvalue weighted by Crippen LogP contribution is -2.26. The van der Waals surface area contributed by atoms with Gasteiger partial charge in [0.2, 0.25) is 15.4 Å². The molecule has 2 rings (SSSR count). The molecule has 1 aromatic heterocycles. The van der Waals surface area contributed by atoms with Crippen molar-refractivity contribution in [1.82, 2.24) is 14.9 Å². The van der Waals surface area contributed by atoms with Crippen molar-refractivity contribution in [2.75, 3.05) is 18.5 Å². The number of sulfonamides is 1. The number of nitrogens with one attached hydrogen (secondary N) is 2. The van der Waals surface area contributed by atoms with Crippen LogP contribution < -0.4 is 19.5 Å². The zero-order valence-corrected chi connectivity index (χ0v) is 17.8. The van der Waals surface area contributed by atoms with Crippen molar-refractivity contribution in [3.63, 3.8) is 0 Å². The van der Waals surface area contributed by atoms with E-state index in [1.807, 2.05) is 13.8 Å². The molecule has 0 saturated carbocycles. The Morgan fingerprint density at radius 1 is 1.14 bits per heavy atom. The van der Waals surface area contributed by atoms with Crippen LogP contribution in [0.25, 0.3) is 0 Å². The monoisotopic (exact) mass is 428 g/mol. The molecule has 11 heteroatoms.